The lowest BCUT2D eigenvalue weighted by Crippen LogP contribution is -2.45. The van der Waals surface area contributed by atoms with E-state index in [0.29, 0.717) is 12.1 Å². The van der Waals surface area contributed by atoms with Crippen molar-refractivity contribution in [2.45, 2.75) is 38.4 Å². The Labute approximate surface area is 114 Å². The lowest BCUT2D eigenvalue weighted by molar-refractivity contribution is 0.0708. The molecule has 19 heavy (non-hydrogen) atoms. The van der Waals surface area contributed by atoms with Crippen LogP contribution in [0.4, 0.5) is 4.39 Å². The average molecular weight is 266 g/mol. The SMILES string of the molecule is CC(CC1COCCN1)NC(C)c1ccccc1F. The van der Waals surface area contributed by atoms with E-state index in [0.717, 1.165) is 31.7 Å². The van der Waals surface area contributed by atoms with E-state index in [1.54, 1.807) is 6.07 Å². The van der Waals surface area contributed by atoms with E-state index in [-0.39, 0.29) is 11.9 Å². The highest BCUT2D eigenvalue weighted by Crippen LogP contribution is 2.17. The van der Waals surface area contributed by atoms with Crippen molar-refractivity contribution in [3.8, 4) is 0 Å². The maximum absolute atomic E-state index is 13.7. The second kappa shape index (κ2) is 6.98. The number of hydrogen-bond acceptors (Lipinski definition) is 3. The van der Waals surface area contributed by atoms with Gasteiger partial charge in [-0.05, 0) is 26.3 Å². The van der Waals surface area contributed by atoms with Gasteiger partial charge in [0.25, 0.3) is 0 Å². The fourth-order valence-corrected chi connectivity index (χ4v) is 2.61. The molecule has 0 amide bonds. The highest BCUT2D eigenvalue weighted by molar-refractivity contribution is 5.20. The van der Waals surface area contributed by atoms with Crippen LogP contribution in [0.3, 0.4) is 0 Å². The molecule has 1 aromatic carbocycles. The normalized spacial score (nSPS) is 23.0. The Morgan fingerprint density at radius 2 is 2.21 bits per heavy atom. The van der Waals surface area contributed by atoms with Crippen LogP contribution >= 0.6 is 0 Å². The smallest absolute Gasteiger partial charge is 0.127 e. The van der Waals surface area contributed by atoms with Gasteiger partial charge in [0.2, 0.25) is 0 Å². The molecule has 3 nitrogen and oxygen atoms in total. The summed E-state index contributed by atoms with van der Waals surface area (Å²) in [6.45, 7) is 6.61. The first-order valence-electron chi connectivity index (χ1n) is 6.98. The summed E-state index contributed by atoms with van der Waals surface area (Å²) in [5.74, 6) is -0.145. The quantitative estimate of drug-likeness (QED) is 0.857. The van der Waals surface area contributed by atoms with Crippen molar-refractivity contribution in [1.29, 1.82) is 0 Å². The van der Waals surface area contributed by atoms with Crippen LogP contribution in [0.5, 0.6) is 0 Å². The van der Waals surface area contributed by atoms with Crippen molar-refractivity contribution in [3.63, 3.8) is 0 Å². The van der Waals surface area contributed by atoms with Crippen LogP contribution in [-0.4, -0.2) is 31.8 Å². The molecule has 2 N–H and O–H groups in total. The number of benzene rings is 1. The first-order valence-corrected chi connectivity index (χ1v) is 6.98. The van der Waals surface area contributed by atoms with Gasteiger partial charge in [-0.15, -0.1) is 0 Å². The number of morpholine rings is 1. The van der Waals surface area contributed by atoms with Gasteiger partial charge in [0.05, 0.1) is 13.2 Å². The summed E-state index contributed by atoms with van der Waals surface area (Å²) < 4.78 is 19.1. The van der Waals surface area contributed by atoms with Crippen molar-refractivity contribution in [3.05, 3.63) is 35.6 Å². The minimum atomic E-state index is -0.145. The Morgan fingerprint density at radius 3 is 2.89 bits per heavy atom. The highest BCUT2D eigenvalue weighted by Gasteiger charge is 2.18. The van der Waals surface area contributed by atoms with E-state index >= 15 is 0 Å². The molecule has 1 aliphatic heterocycles. The molecule has 1 aromatic rings. The third-order valence-corrected chi connectivity index (χ3v) is 3.54. The van der Waals surface area contributed by atoms with E-state index in [1.165, 1.54) is 6.07 Å². The maximum Gasteiger partial charge on any atom is 0.127 e. The molecular weight excluding hydrogens is 243 g/mol. The van der Waals surface area contributed by atoms with Gasteiger partial charge in [0, 0.05) is 30.2 Å². The van der Waals surface area contributed by atoms with Gasteiger partial charge >= 0.3 is 0 Å². The van der Waals surface area contributed by atoms with Crippen molar-refractivity contribution < 1.29 is 9.13 Å². The topological polar surface area (TPSA) is 33.3 Å². The second-order valence-corrected chi connectivity index (χ2v) is 5.27. The minimum absolute atomic E-state index is 0.0145. The fraction of sp³-hybridized carbons (Fsp3) is 0.600. The Bertz CT molecular complexity index is 393. The molecule has 0 bridgehead atoms. The number of ether oxygens (including phenoxy) is 1. The van der Waals surface area contributed by atoms with Crippen molar-refractivity contribution >= 4 is 0 Å². The third kappa shape index (κ3) is 4.27. The molecule has 4 heteroatoms. The molecule has 0 aromatic heterocycles. The van der Waals surface area contributed by atoms with Crippen LogP contribution in [0.15, 0.2) is 24.3 Å². The van der Waals surface area contributed by atoms with E-state index in [9.17, 15) is 4.39 Å². The van der Waals surface area contributed by atoms with Crippen LogP contribution in [0, 0.1) is 5.82 Å². The molecule has 3 atom stereocenters. The molecule has 0 aliphatic carbocycles. The Balaban J connectivity index is 1.84. The monoisotopic (exact) mass is 266 g/mol. The van der Waals surface area contributed by atoms with Gasteiger partial charge in [-0.3, -0.25) is 0 Å². The molecule has 1 saturated heterocycles. The molecule has 2 rings (SSSR count). The van der Waals surface area contributed by atoms with E-state index < -0.39 is 0 Å². The number of hydrogen-bond donors (Lipinski definition) is 2. The number of halogens is 1. The van der Waals surface area contributed by atoms with Gasteiger partial charge in [-0.2, -0.15) is 0 Å². The summed E-state index contributed by atoms with van der Waals surface area (Å²) in [5.41, 5.74) is 0.724. The van der Waals surface area contributed by atoms with Gasteiger partial charge in [0.1, 0.15) is 5.82 Å². The summed E-state index contributed by atoms with van der Waals surface area (Å²) in [7, 11) is 0. The molecular formula is C15H23FN2O. The third-order valence-electron chi connectivity index (χ3n) is 3.54. The fourth-order valence-electron chi connectivity index (χ4n) is 2.61. The molecule has 0 spiro atoms. The van der Waals surface area contributed by atoms with Crippen LogP contribution in [0.25, 0.3) is 0 Å². The zero-order valence-electron chi connectivity index (χ0n) is 11.7. The predicted molar refractivity (Wildman–Crippen MR) is 74.6 cm³/mol. The van der Waals surface area contributed by atoms with E-state index in [2.05, 4.69) is 17.6 Å². The summed E-state index contributed by atoms with van der Waals surface area (Å²) in [5, 5.41) is 6.88. The molecule has 1 heterocycles. The summed E-state index contributed by atoms with van der Waals surface area (Å²) in [4.78, 5) is 0. The average Bonchev–Trinajstić information content (AvgIpc) is 2.40. The highest BCUT2D eigenvalue weighted by atomic mass is 19.1. The van der Waals surface area contributed by atoms with Crippen LogP contribution in [-0.2, 0) is 4.74 Å². The molecule has 0 saturated carbocycles. The van der Waals surface area contributed by atoms with Gasteiger partial charge in [-0.1, -0.05) is 18.2 Å². The van der Waals surface area contributed by atoms with Gasteiger partial charge in [0.15, 0.2) is 0 Å². The molecule has 0 radical (unpaired) electrons. The Hall–Kier alpha value is -0.970. The minimum Gasteiger partial charge on any atom is -0.379 e. The van der Waals surface area contributed by atoms with Crippen LogP contribution in [0.1, 0.15) is 31.9 Å². The lowest BCUT2D eigenvalue weighted by atomic mass is 10.0. The number of rotatable bonds is 5. The number of nitrogens with one attached hydrogen (secondary N) is 2. The van der Waals surface area contributed by atoms with Crippen LogP contribution < -0.4 is 10.6 Å². The Morgan fingerprint density at radius 1 is 1.42 bits per heavy atom. The molecule has 1 aliphatic rings. The summed E-state index contributed by atoms with van der Waals surface area (Å²) >= 11 is 0. The predicted octanol–water partition coefficient (Wildman–Crippen LogP) is 2.24. The standard InChI is InChI=1S/C15H23FN2O/c1-11(9-13-10-19-8-7-17-13)18-12(2)14-5-3-4-6-15(14)16/h3-6,11-13,17-18H,7-10H2,1-2H3. The lowest BCUT2D eigenvalue weighted by Gasteiger charge is -2.28. The molecule has 3 unspecified atom stereocenters. The van der Waals surface area contributed by atoms with Crippen molar-refractivity contribution in [2.24, 2.45) is 0 Å². The van der Waals surface area contributed by atoms with Crippen LogP contribution in [0.2, 0.25) is 0 Å². The Kier molecular flexibility index (Phi) is 5.31. The summed E-state index contributed by atoms with van der Waals surface area (Å²) in [6.07, 6.45) is 0.985. The first kappa shape index (κ1) is 14.4. The maximum atomic E-state index is 13.7. The molecule has 106 valence electrons. The first-order chi connectivity index (χ1) is 9.16. The second-order valence-electron chi connectivity index (χ2n) is 5.27. The van der Waals surface area contributed by atoms with Crippen molar-refractivity contribution in [1.82, 2.24) is 10.6 Å². The van der Waals surface area contributed by atoms with Gasteiger partial charge < -0.3 is 15.4 Å². The summed E-state index contributed by atoms with van der Waals surface area (Å²) in [6, 6.07) is 7.66. The molecule has 1 fully saturated rings. The van der Waals surface area contributed by atoms with Gasteiger partial charge in [-0.25, -0.2) is 4.39 Å². The largest absolute Gasteiger partial charge is 0.379 e. The zero-order valence-corrected chi connectivity index (χ0v) is 11.7. The zero-order chi connectivity index (χ0) is 13.7. The van der Waals surface area contributed by atoms with E-state index in [4.69, 9.17) is 4.74 Å². The van der Waals surface area contributed by atoms with E-state index in [1.807, 2.05) is 19.1 Å². The van der Waals surface area contributed by atoms with Crippen molar-refractivity contribution in [2.75, 3.05) is 19.8 Å².